The molecule has 132 valence electrons. The number of carbonyl (C=O) groups excluding carboxylic acids is 1. The van der Waals surface area contributed by atoms with Gasteiger partial charge in [0.2, 0.25) is 5.91 Å². The molecule has 2 heterocycles. The number of rotatable bonds is 10. The van der Waals surface area contributed by atoms with Gasteiger partial charge in [-0.25, -0.2) is 9.50 Å². The number of nitrogens with zero attached hydrogens (tertiary/aromatic N) is 4. The average molecular weight is 333 g/mol. The Morgan fingerprint density at radius 1 is 1.29 bits per heavy atom. The average Bonchev–Trinajstić information content (AvgIpc) is 3.02. The molecule has 0 bridgehead atoms. The topological polar surface area (TPSA) is 81.4 Å². The fraction of sp³-hybridized carbons (Fsp3) is 0.647. The number of amides is 1. The van der Waals surface area contributed by atoms with Gasteiger partial charge in [0.1, 0.15) is 6.33 Å². The van der Waals surface area contributed by atoms with Gasteiger partial charge in [-0.15, -0.1) is 0 Å². The Hall–Kier alpha value is -2.02. The van der Waals surface area contributed by atoms with Crippen molar-refractivity contribution in [3.8, 4) is 0 Å². The van der Waals surface area contributed by atoms with E-state index >= 15 is 0 Å². The zero-order valence-electron chi connectivity index (χ0n) is 14.8. The van der Waals surface area contributed by atoms with Crippen LogP contribution in [0.2, 0.25) is 0 Å². The Morgan fingerprint density at radius 3 is 2.88 bits per heavy atom. The van der Waals surface area contributed by atoms with E-state index in [-0.39, 0.29) is 5.91 Å². The minimum Gasteiger partial charge on any atom is -0.381 e. The van der Waals surface area contributed by atoms with Crippen LogP contribution in [0.25, 0.3) is 5.78 Å². The van der Waals surface area contributed by atoms with E-state index in [9.17, 15) is 4.79 Å². The van der Waals surface area contributed by atoms with Gasteiger partial charge in [-0.05, 0) is 38.7 Å². The molecule has 0 spiro atoms. The van der Waals surface area contributed by atoms with E-state index in [1.807, 2.05) is 13.8 Å². The monoisotopic (exact) mass is 333 g/mol. The predicted molar refractivity (Wildman–Crippen MR) is 91.9 cm³/mol. The van der Waals surface area contributed by atoms with Crippen molar-refractivity contribution in [2.75, 3.05) is 19.8 Å². The zero-order valence-corrected chi connectivity index (χ0v) is 14.8. The highest BCUT2D eigenvalue weighted by molar-refractivity contribution is 5.76. The van der Waals surface area contributed by atoms with Crippen LogP contribution in [-0.4, -0.2) is 45.2 Å². The van der Waals surface area contributed by atoms with E-state index in [1.54, 1.807) is 4.52 Å². The second-order valence-corrected chi connectivity index (χ2v) is 5.90. The molecule has 7 nitrogen and oxygen atoms in total. The van der Waals surface area contributed by atoms with Crippen molar-refractivity contribution in [3.63, 3.8) is 0 Å². The number of unbranched alkanes of at least 4 members (excludes halogenated alkanes) is 1. The van der Waals surface area contributed by atoms with Crippen LogP contribution < -0.4 is 5.32 Å². The minimum absolute atomic E-state index is 0.0565. The number of hydrogen-bond acceptors (Lipinski definition) is 5. The summed E-state index contributed by atoms with van der Waals surface area (Å²) in [5.41, 5.74) is 2.96. The number of fused-ring (bicyclic) bond motifs is 1. The maximum Gasteiger partial charge on any atom is 0.252 e. The van der Waals surface area contributed by atoms with Crippen LogP contribution >= 0.6 is 0 Å². The molecule has 0 radical (unpaired) electrons. The van der Waals surface area contributed by atoms with E-state index in [2.05, 4.69) is 27.3 Å². The Labute approximate surface area is 142 Å². The lowest BCUT2D eigenvalue weighted by molar-refractivity contribution is -0.121. The normalized spacial score (nSPS) is 11.1. The molecule has 0 saturated carbocycles. The summed E-state index contributed by atoms with van der Waals surface area (Å²) < 4.78 is 7.19. The van der Waals surface area contributed by atoms with Crippen molar-refractivity contribution < 1.29 is 9.53 Å². The number of ether oxygens (including phenoxy) is 1. The van der Waals surface area contributed by atoms with Crippen LogP contribution in [-0.2, 0) is 16.0 Å². The molecule has 0 atom stereocenters. The summed E-state index contributed by atoms with van der Waals surface area (Å²) in [7, 11) is 0. The van der Waals surface area contributed by atoms with Gasteiger partial charge in [-0.2, -0.15) is 10.1 Å². The molecule has 0 aliphatic carbocycles. The van der Waals surface area contributed by atoms with Gasteiger partial charge >= 0.3 is 0 Å². The molecule has 1 amide bonds. The van der Waals surface area contributed by atoms with Crippen molar-refractivity contribution >= 4 is 11.7 Å². The highest BCUT2D eigenvalue weighted by Crippen LogP contribution is 2.14. The summed E-state index contributed by atoms with van der Waals surface area (Å²) >= 11 is 0. The highest BCUT2D eigenvalue weighted by Gasteiger charge is 2.12. The summed E-state index contributed by atoms with van der Waals surface area (Å²) in [6, 6.07) is 0. The lowest BCUT2D eigenvalue weighted by atomic mass is 10.1. The molecule has 2 rings (SSSR count). The number of hydrogen-bond donors (Lipinski definition) is 1. The first-order valence-electron chi connectivity index (χ1n) is 8.63. The van der Waals surface area contributed by atoms with Gasteiger partial charge in [0, 0.05) is 37.6 Å². The first kappa shape index (κ1) is 18.3. The van der Waals surface area contributed by atoms with Crippen LogP contribution in [0.5, 0.6) is 0 Å². The van der Waals surface area contributed by atoms with Crippen LogP contribution in [0.15, 0.2) is 6.33 Å². The lowest BCUT2D eigenvalue weighted by Crippen LogP contribution is -2.25. The molecule has 2 aromatic heterocycles. The first-order valence-corrected chi connectivity index (χ1v) is 8.63. The van der Waals surface area contributed by atoms with Gasteiger partial charge in [-0.3, -0.25) is 4.79 Å². The van der Waals surface area contributed by atoms with Gasteiger partial charge < -0.3 is 10.1 Å². The second kappa shape index (κ2) is 9.32. The summed E-state index contributed by atoms with van der Waals surface area (Å²) in [5, 5.41) is 7.11. The minimum atomic E-state index is 0.0565. The Morgan fingerprint density at radius 2 is 2.08 bits per heavy atom. The third kappa shape index (κ3) is 4.99. The number of aromatic nitrogens is 4. The highest BCUT2D eigenvalue weighted by atomic mass is 16.5. The Kier molecular flexibility index (Phi) is 7.11. The quantitative estimate of drug-likeness (QED) is 0.673. The smallest absolute Gasteiger partial charge is 0.252 e. The van der Waals surface area contributed by atoms with E-state index < -0.39 is 0 Å². The molecule has 1 N–H and O–H groups in total. The van der Waals surface area contributed by atoms with Crippen molar-refractivity contribution in [2.24, 2.45) is 0 Å². The van der Waals surface area contributed by atoms with Crippen molar-refractivity contribution in [1.82, 2.24) is 24.9 Å². The van der Waals surface area contributed by atoms with E-state index in [1.165, 1.54) is 6.33 Å². The summed E-state index contributed by atoms with van der Waals surface area (Å²) in [5.74, 6) is 0.655. The van der Waals surface area contributed by atoms with Crippen LogP contribution in [0.4, 0.5) is 0 Å². The molecule has 0 fully saturated rings. The van der Waals surface area contributed by atoms with Crippen LogP contribution in [0, 0.1) is 13.8 Å². The standard InChI is InChI=1S/C17H27N5O2/c1-4-5-10-24-11-6-9-18-16(23)8-7-15-13(2)21-17-19-12-20-22(17)14(15)3/h12H,4-11H2,1-3H3,(H,18,23). The molecule has 0 unspecified atom stereocenters. The second-order valence-electron chi connectivity index (χ2n) is 5.90. The molecular formula is C17H27N5O2. The van der Waals surface area contributed by atoms with Crippen molar-refractivity contribution in [1.29, 1.82) is 0 Å². The zero-order chi connectivity index (χ0) is 17.4. The van der Waals surface area contributed by atoms with Crippen molar-refractivity contribution in [3.05, 3.63) is 23.3 Å². The molecule has 2 aromatic rings. The van der Waals surface area contributed by atoms with Gasteiger partial charge in [0.05, 0.1) is 0 Å². The first-order chi connectivity index (χ1) is 11.6. The van der Waals surface area contributed by atoms with Crippen molar-refractivity contribution in [2.45, 2.75) is 52.9 Å². The third-order valence-corrected chi connectivity index (χ3v) is 4.02. The molecule has 7 heteroatoms. The van der Waals surface area contributed by atoms with Gasteiger partial charge in [0.25, 0.3) is 5.78 Å². The summed E-state index contributed by atoms with van der Waals surface area (Å²) in [6.07, 6.45) is 5.67. The molecule has 0 aromatic carbocycles. The summed E-state index contributed by atoms with van der Waals surface area (Å²) in [4.78, 5) is 20.5. The fourth-order valence-electron chi connectivity index (χ4n) is 2.59. The van der Waals surface area contributed by atoms with Crippen LogP contribution in [0.1, 0.15) is 49.6 Å². The maximum atomic E-state index is 12.0. The SMILES string of the molecule is CCCCOCCCNC(=O)CCc1c(C)nc2ncnn2c1C. The Bertz CT molecular complexity index is 668. The molecule has 0 aliphatic heterocycles. The fourth-order valence-corrected chi connectivity index (χ4v) is 2.59. The van der Waals surface area contributed by atoms with Crippen LogP contribution in [0.3, 0.4) is 0 Å². The lowest BCUT2D eigenvalue weighted by Gasteiger charge is -2.10. The number of nitrogens with one attached hydrogen (secondary N) is 1. The third-order valence-electron chi connectivity index (χ3n) is 4.02. The Balaban J connectivity index is 1.74. The summed E-state index contributed by atoms with van der Waals surface area (Å²) in [6.45, 7) is 8.23. The van der Waals surface area contributed by atoms with Gasteiger partial charge in [-0.1, -0.05) is 13.3 Å². The predicted octanol–water partition coefficient (Wildman–Crippen LogP) is 2.00. The van der Waals surface area contributed by atoms with E-state index in [0.29, 0.717) is 31.8 Å². The van der Waals surface area contributed by atoms with E-state index in [4.69, 9.17) is 4.74 Å². The van der Waals surface area contributed by atoms with Gasteiger partial charge in [0.15, 0.2) is 0 Å². The maximum absolute atomic E-state index is 12.0. The molecule has 0 aliphatic rings. The molecule has 0 saturated heterocycles. The number of aryl methyl sites for hydroxylation is 2. The molecule has 24 heavy (non-hydrogen) atoms. The number of carbonyl (C=O) groups is 1. The van der Waals surface area contributed by atoms with E-state index in [0.717, 1.165) is 42.8 Å². The molecular weight excluding hydrogens is 306 g/mol. The largest absolute Gasteiger partial charge is 0.381 e.